The Morgan fingerprint density at radius 1 is 0.500 bits per heavy atom. The number of amides is 4. The fourth-order valence-corrected chi connectivity index (χ4v) is 2.23. The number of carbonyl (C=O) groups is 4. The number of carbonyl (C=O) groups excluding carboxylic acids is 4. The van der Waals surface area contributed by atoms with Crippen LogP contribution in [0.2, 0.25) is 0 Å². The lowest BCUT2D eigenvalue weighted by molar-refractivity contribution is -0.123. The van der Waals surface area contributed by atoms with E-state index in [2.05, 4.69) is 21.3 Å². The van der Waals surface area contributed by atoms with E-state index < -0.39 is 0 Å². The van der Waals surface area contributed by atoms with Crippen molar-refractivity contribution in [2.45, 2.75) is 65.2 Å². The minimum atomic E-state index is -0.0388. The zero-order valence-electron chi connectivity index (χ0n) is 16.1. The van der Waals surface area contributed by atoms with Crippen LogP contribution in [0, 0.1) is 0 Å². The Kier molecular flexibility index (Phi) is 15.0. The third-order valence-electron chi connectivity index (χ3n) is 3.66. The Labute approximate surface area is 156 Å². The maximum absolute atomic E-state index is 11.6. The highest BCUT2D eigenvalue weighted by Gasteiger charge is 2.04. The van der Waals surface area contributed by atoms with Crippen molar-refractivity contribution >= 4 is 23.6 Å². The monoisotopic (exact) mass is 370 g/mol. The molecule has 0 radical (unpaired) electrons. The summed E-state index contributed by atoms with van der Waals surface area (Å²) in [5, 5.41) is 11.1. The third kappa shape index (κ3) is 18.2. The van der Waals surface area contributed by atoms with E-state index in [1.807, 2.05) is 0 Å². The highest BCUT2D eigenvalue weighted by atomic mass is 16.2. The average molecular weight is 370 g/mol. The van der Waals surface area contributed by atoms with Crippen molar-refractivity contribution in [1.29, 1.82) is 0 Å². The first-order valence-corrected chi connectivity index (χ1v) is 9.44. The molecule has 0 heterocycles. The maximum Gasteiger partial charge on any atom is 0.219 e. The van der Waals surface area contributed by atoms with Crippen LogP contribution in [0.4, 0.5) is 0 Å². The Balaban J connectivity index is 3.38. The van der Waals surface area contributed by atoms with Crippen LogP contribution in [0.25, 0.3) is 0 Å². The molecule has 0 bridgehead atoms. The van der Waals surface area contributed by atoms with Crippen molar-refractivity contribution in [3.63, 3.8) is 0 Å². The Morgan fingerprint density at radius 2 is 0.808 bits per heavy atom. The lowest BCUT2D eigenvalue weighted by atomic mass is 10.1. The predicted octanol–water partition coefficient (Wildman–Crippen LogP) is 0.612. The van der Waals surface area contributed by atoms with Crippen LogP contribution in [-0.2, 0) is 19.2 Å². The summed E-state index contributed by atoms with van der Waals surface area (Å²) in [6.07, 6.45) is 5.56. The molecule has 0 rings (SSSR count). The molecular weight excluding hydrogens is 336 g/mol. The second kappa shape index (κ2) is 16.4. The largest absolute Gasteiger partial charge is 0.356 e. The maximum atomic E-state index is 11.6. The van der Waals surface area contributed by atoms with Crippen LogP contribution >= 0.6 is 0 Å². The molecule has 0 saturated heterocycles. The second-order valence-electron chi connectivity index (χ2n) is 6.29. The van der Waals surface area contributed by atoms with Gasteiger partial charge in [-0.05, 0) is 38.5 Å². The molecule has 0 aliphatic rings. The van der Waals surface area contributed by atoms with Gasteiger partial charge >= 0.3 is 0 Å². The van der Waals surface area contributed by atoms with Crippen LogP contribution < -0.4 is 21.3 Å². The van der Waals surface area contributed by atoms with Gasteiger partial charge < -0.3 is 21.3 Å². The van der Waals surface area contributed by atoms with Gasteiger partial charge in [-0.25, -0.2) is 0 Å². The van der Waals surface area contributed by atoms with Crippen LogP contribution in [0.1, 0.15) is 65.2 Å². The van der Waals surface area contributed by atoms with E-state index in [1.165, 1.54) is 13.8 Å². The van der Waals surface area contributed by atoms with E-state index in [9.17, 15) is 19.2 Å². The molecule has 0 spiro atoms. The molecule has 8 nitrogen and oxygen atoms in total. The lowest BCUT2D eigenvalue weighted by Gasteiger charge is -2.07. The van der Waals surface area contributed by atoms with Crippen molar-refractivity contribution in [1.82, 2.24) is 21.3 Å². The van der Waals surface area contributed by atoms with Crippen LogP contribution in [0.15, 0.2) is 0 Å². The number of hydrogen-bond donors (Lipinski definition) is 4. The van der Waals surface area contributed by atoms with Crippen LogP contribution in [-0.4, -0.2) is 49.8 Å². The van der Waals surface area contributed by atoms with Crippen molar-refractivity contribution < 1.29 is 19.2 Å². The summed E-state index contributed by atoms with van der Waals surface area (Å²) in [6, 6.07) is 0. The van der Waals surface area contributed by atoms with E-state index in [0.717, 1.165) is 25.7 Å². The average Bonchev–Trinajstić information content (AvgIpc) is 2.57. The SMILES string of the molecule is CC(=O)NCCCCNC(=O)CCCCC(=O)NCCCCNC(C)=O. The molecule has 4 amide bonds. The number of nitrogens with one attached hydrogen (secondary N) is 4. The molecule has 0 aliphatic heterocycles. The molecule has 0 aromatic carbocycles. The minimum Gasteiger partial charge on any atom is -0.356 e. The van der Waals surface area contributed by atoms with Gasteiger partial charge in [0, 0.05) is 52.9 Å². The van der Waals surface area contributed by atoms with Gasteiger partial charge in [0.2, 0.25) is 23.6 Å². The highest BCUT2D eigenvalue weighted by Crippen LogP contribution is 2.00. The molecule has 4 N–H and O–H groups in total. The first-order valence-electron chi connectivity index (χ1n) is 9.44. The summed E-state index contributed by atoms with van der Waals surface area (Å²) in [7, 11) is 0. The Bertz CT molecular complexity index is 401. The summed E-state index contributed by atoms with van der Waals surface area (Å²) in [5.74, 6) is -0.0723. The third-order valence-corrected chi connectivity index (χ3v) is 3.66. The normalized spacial score (nSPS) is 10.1. The van der Waals surface area contributed by atoms with Gasteiger partial charge in [-0.2, -0.15) is 0 Å². The van der Waals surface area contributed by atoms with Crippen molar-refractivity contribution in [2.24, 2.45) is 0 Å². The molecule has 0 aliphatic carbocycles. The van der Waals surface area contributed by atoms with E-state index in [-0.39, 0.29) is 23.6 Å². The van der Waals surface area contributed by atoms with Gasteiger partial charge in [0.15, 0.2) is 0 Å². The van der Waals surface area contributed by atoms with E-state index >= 15 is 0 Å². The fraction of sp³-hybridized carbons (Fsp3) is 0.778. The molecule has 150 valence electrons. The zero-order chi connectivity index (χ0) is 19.6. The quantitative estimate of drug-likeness (QED) is 0.316. The van der Waals surface area contributed by atoms with E-state index in [0.29, 0.717) is 51.9 Å². The molecule has 26 heavy (non-hydrogen) atoms. The van der Waals surface area contributed by atoms with Crippen LogP contribution in [0.5, 0.6) is 0 Å². The second-order valence-corrected chi connectivity index (χ2v) is 6.29. The zero-order valence-corrected chi connectivity index (χ0v) is 16.1. The van der Waals surface area contributed by atoms with E-state index in [4.69, 9.17) is 0 Å². The molecular formula is C18H34N4O4. The molecule has 0 unspecified atom stereocenters. The topological polar surface area (TPSA) is 116 Å². The van der Waals surface area contributed by atoms with E-state index in [1.54, 1.807) is 0 Å². The summed E-state index contributed by atoms with van der Waals surface area (Å²) in [4.78, 5) is 44.6. The number of rotatable bonds is 15. The molecule has 0 atom stereocenters. The van der Waals surface area contributed by atoms with Crippen LogP contribution in [0.3, 0.4) is 0 Å². The van der Waals surface area contributed by atoms with Gasteiger partial charge in [0.25, 0.3) is 0 Å². The summed E-state index contributed by atoms with van der Waals surface area (Å²) < 4.78 is 0. The fourth-order valence-electron chi connectivity index (χ4n) is 2.23. The summed E-state index contributed by atoms with van der Waals surface area (Å²) >= 11 is 0. The predicted molar refractivity (Wildman–Crippen MR) is 100 cm³/mol. The molecule has 0 aromatic heterocycles. The first-order chi connectivity index (χ1) is 12.4. The molecule has 0 saturated carbocycles. The van der Waals surface area contributed by atoms with Gasteiger partial charge in [0.1, 0.15) is 0 Å². The molecule has 0 aromatic rings. The van der Waals surface area contributed by atoms with Gasteiger partial charge in [-0.15, -0.1) is 0 Å². The lowest BCUT2D eigenvalue weighted by Crippen LogP contribution is -2.27. The van der Waals surface area contributed by atoms with Crippen molar-refractivity contribution in [3.05, 3.63) is 0 Å². The number of hydrogen-bond acceptors (Lipinski definition) is 4. The Morgan fingerprint density at radius 3 is 1.12 bits per heavy atom. The first kappa shape index (κ1) is 23.9. The van der Waals surface area contributed by atoms with Crippen molar-refractivity contribution in [2.75, 3.05) is 26.2 Å². The van der Waals surface area contributed by atoms with Gasteiger partial charge in [0.05, 0.1) is 0 Å². The summed E-state index contributed by atoms with van der Waals surface area (Å²) in [6.45, 7) is 5.45. The molecule has 8 heteroatoms. The standard InChI is InChI=1S/C18H34N4O4/c1-15(23)19-11-5-7-13-21-17(25)9-3-4-10-18(26)22-14-8-6-12-20-16(2)24/h3-14H2,1-2H3,(H,19,23)(H,20,24)(H,21,25)(H,22,26). The van der Waals surface area contributed by atoms with Gasteiger partial charge in [-0.3, -0.25) is 19.2 Å². The van der Waals surface area contributed by atoms with Crippen molar-refractivity contribution in [3.8, 4) is 0 Å². The smallest absolute Gasteiger partial charge is 0.219 e. The van der Waals surface area contributed by atoms with Gasteiger partial charge in [-0.1, -0.05) is 0 Å². The summed E-state index contributed by atoms with van der Waals surface area (Å²) in [5.41, 5.74) is 0. The molecule has 0 fully saturated rings. The highest BCUT2D eigenvalue weighted by molar-refractivity contribution is 5.77. The number of unbranched alkanes of at least 4 members (excludes halogenated alkanes) is 3. The minimum absolute atomic E-state index is 0.00269. The Hall–Kier alpha value is -2.12.